The van der Waals surface area contributed by atoms with E-state index >= 15 is 0 Å². The molecule has 2 aromatic rings. The third kappa shape index (κ3) is 5.90. The smallest absolute Gasteiger partial charge is 0.255 e. The lowest BCUT2D eigenvalue weighted by Gasteiger charge is -2.16. The van der Waals surface area contributed by atoms with Crippen LogP contribution in [-0.4, -0.2) is 45.0 Å². The number of ether oxygens (including phenoxy) is 1. The maximum Gasteiger partial charge on any atom is 0.255 e. The molecule has 1 N–H and O–H groups in total. The van der Waals surface area contributed by atoms with Crippen LogP contribution in [0.15, 0.2) is 58.5 Å². The van der Waals surface area contributed by atoms with Crippen molar-refractivity contribution in [3.8, 4) is 11.8 Å². The second kappa shape index (κ2) is 9.64. The van der Waals surface area contributed by atoms with Crippen molar-refractivity contribution in [1.82, 2.24) is 9.73 Å². The van der Waals surface area contributed by atoms with E-state index in [0.29, 0.717) is 11.3 Å². The van der Waals surface area contributed by atoms with Crippen molar-refractivity contribution in [3.05, 3.63) is 59.7 Å². The third-order valence-electron chi connectivity index (χ3n) is 3.68. The summed E-state index contributed by atoms with van der Waals surface area (Å²) in [4.78, 5) is 12.1. The lowest BCUT2D eigenvalue weighted by Crippen LogP contribution is -2.36. The van der Waals surface area contributed by atoms with E-state index in [9.17, 15) is 13.2 Å². The van der Waals surface area contributed by atoms with E-state index in [0.717, 1.165) is 9.87 Å². The van der Waals surface area contributed by atoms with Crippen molar-refractivity contribution in [3.63, 3.8) is 0 Å². The molecule has 0 spiro atoms. The van der Waals surface area contributed by atoms with Gasteiger partial charge in [-0.25, -0.2) is 13.8 Å². The van der Waals surface area contributed by atoms with Crippen LogP contribution >= 0.6 is 0 Å². The summed E-state index contributed by atoms with van der Waals surface area (Å²) in [6.07, 6.45) is 1.42. The number of hydrogen-bond donors (Lipinski definition) is 1. The first-order chi connectivity index (χ1) is 13.3. The number of aryl methyl sites for hydroxylation is 1. The summed E-state index contributed by atoms with van der Waals surface area (Å²) in [5, 5.41) is 12.3. The number of amides is 1. The lowest BCUT2D eigenvalue weighted by molar-refractivity contribution is -0.121. The standard InChI is InChI=1S/C19H20N4O4S/c1-15-3-9-18(10-4-15)28(25,26)23(2)14-19(24)22-21-13-16-5-7-17(8-6-16)27-12-11-20/h3-10,13H,12,14H2,1-2H3,(H,22,24)/b21-13-. The quantitative estimate of drug-likeness (QED) is 0.535. The van der Waals surface area contributed by atoms with Crippen molar-refractivity contribution in [2.24, 2.45) is 5.10 Å². The van der Waals surface area contributed by atoms with Crippen LogP contribution in [0.3, 0.4) is 0 Å². The van der Waals surface area contributed by atoms with Crippen LogP contribution in [0.2, 0.25) is 0 Å². The van der Waals surface area contributed by atoms with Gasteiger partial charge in [0.1, 0.15) is 11.8 Å². The van der Waals surface area contributed by atoms with Crippen LogP contribution in [-0.2, 0) is 14.8 Å². The van der Waals surface area contributed by atoms with Gasteiger partial charge in [-0.05, 0) is 48.9 Å². The summed E-state index contributed by atoms with van der Waals surface area (Å²) in [6.45, 7) is 1.45. The Balaban J connectivity index is 1.90. The first kappa shape index (κ1) is 21.1. The zero-order chi connectivity index (χ0) is 20.6. The molecule has 0 saturated carbocycles. The molecule has 0 unspecified atom stereocenters. The molecule has 0 aliphatic heterocycles. The Labute approximate surface area is 164 Å². The molecule has 0 aromatic heterocycles. The van der Waals surface area contributed by atoms with Crippen molar-refractivity contribution in [2.75, 3.05) is 20.2 Å². The Kier molecular flexibility index (Phi) is 7.26. The van der Waals surface area contributed by atoms with Crippen molar-refractivity contribution in [1.29, 1.82) is 5.26 Å². The molecule has 1 amide bonds. The maximum atomic E-state index is 12.5. The Hall–Kier alpha value is -3.22. The zero-order valence-electron chi connectivity index (χ0n) is 15.5. The van der Waals surface area contributed by atoms with Crippen molar-refractivity contribution >= 4 is 22.1 Å². The number of likely N-dealkylation sites (N-methyl/N-ethyl adjacent to an activating group) is 1. The number of hydrogen-bond acceptors (Lipinski definition) is 6. The molecule has 0 aliphatic rings. The van der Waals surface area contributed by atoms with Gasteiger partial charge in [0.25, 0.3) is 5.91 Å². The fraction of sp³-hybridized carbons (Fsp3) is 0.211. The fourth-order valence-corrected chi connectivity index (χ4v) is 3.28. The highest BCUT2D eigenvalue weighted by molar-refractivity contribution is 7.89. The second-order valence-corrected chi connectivity index (χ2v) is 7.93. The van der Waals surface area contributed by atoms with Crippen LogP contribution in [0.4, 0.5) is 0 Å². The van der Waals surface area contributed by atoms with Crippen LogP contribution in [0.1, 0.15) is 11.1 Å². The van der Waals surface area contributed by atoms with Gasteiger partial charge in [0, 0.05) is 7.05 Å². The van der Waals surface area contributed by atoms with Crippen molar-refractivity contribution in [2.45, 2.75) is 11.8 Å². The van der Waals surface area contributed by atoms with Crippen molar-refractivity contribution < 1.29 is 17.9 Å². The average molecular weight is 400 g/mol. The number of sulfonamides is 1. The topological polar surface area (TPSA) is 112 Å². The van der Waals surface area contributed by atoms with Gasteiger partial charge in [0.15, 0.2) is 6.61 Å². The molecule has 0 atom stereocenters. The monoisotopic (exact) mass is 400 g/mol. The summed E-state index contributed by atoms with van der Waals surface area (Å²) in [5.74, 6) is -0.0194. The normalized spacial score (nSPS) is 11.4. The molecule has 0 fully saturated rings. The molecule has 28 heavy (non-hydrogen) atoms. The highest BCUT2D eigenvalue weighted by Gasteiger charge is 2.22. The highest BCUT2D eigenvalue weighted by Crippen LogP contribution is 2.14. The zero-order valence-corrected chi connectivity index (χ0v) is 16.3. The summed E-state index contributed by atoms with van der Waals surface area (Å²) in [5.41, 5.74) is 3.94. The Morgan fingerprint density at radius 2 is 1.86 bits per heavy atom. The number of nitriles is 1. The molecule has 146 valence electrons. The predicted molar refractivity (Wildman–Crippen MR) is 104 cm³/mol. The molecule has 8 nitrogen and oxygen atoms in total. The molecule has 2 aromatic carbocycles. The molecule has 0 radical (unpaired) electrons. The van der Waals surface area contributed by atoms with Gasteiger partial charge in [-0.1, -0.05) is 17.7 Å². The Morgan fingerprint density at radius 3 is 2.46 bits per heavy atom. The van der Waals surface area contributed by atoms with E-state index in [1.54, 1.807) is 36.4 Å². The first-order valence-corrected chi connectivity index (χ1v) is 9.71. The third-order valence-corrected chi connectivity index (χ3v) is 5.50. The number of benzene rings is 2. The maximum absolute atomic E-state index is 12.5. The first-order valence-electron chi connectivity index (χ1n) is 8.27. The Bertz CT molecular complexity index is 978. The number of nitrogens with zero attached hydrogens (tertiary/aromatic N) is 3. The predicted octanol–water partition coefficient (Wildman–Crippen LogP) is 1.67. The number of carbonyl (C=O) groups excluding carboxylic acids is 1. The fourth-order valence-electron chi connectivity index (χ4n) is 2.16. The summed E-state index contributed by atoms with van der Waals surface area (Å²) >= 11 is 0. The van der Waals surface area contributed by atoms with Gasteiger partial charge < -0.3 is 4.74 Å². The molecular weight excluding hydrogens is 380 g/mol. The molecule has 0 heterocycles. The minimum absolute atomic E-state index is 0.0392. The van der Waals surface area contributed by atoms with Gasteiger partial charge in [-0.15, -0.1) is 0 Å². The molecule has 9 heteroatoms. The van der Waals surface area contributed by atoms with E-state index in [4.69, 9.17) is 10.00 Å². The Morgan fingerprint density at radius 1 is 1.21 bits per heavy atom. The minimum atomic E-state index is -3.76. The second-order valence-electron chi connectivity index (χ2n) is 5.88. The van der Waals surface area contributed by atoms with Crippen LogP contribution in [0, 0.1) is 18.3 Å². The number of rotatable bonds is 8. The highest BCUT2D eigenvalue weighted by atomic mass is 32.2. The van der Waals surface area contributed by atoms with Gasteiger partial charge in [0.05, 0.1) is 17.7 Å². The minimum Gasteiger partial charge on any atom is -0.479 e. The van der Waals surface area contributed by atoms with E-state index in [-0.39, 0.29) is 18.0 Å². The van der Waals surface area contributed by atoms with E-state index in [2.05, 4.69) is 10.5 Å². The number of hydrazone groups is 1. The van der Waals surface area contributed by atoms with E-state index in [1.165, 1.54) is 25.4 Å². The summed E-state index contributed by atoms with van der Waals surface area (Å²) in [6, 6.07) is 15.0. The molecule has 0 saturated heterocycles. The molecule has 2 rings (SSSR count). The van der Waals surface area contributed by atoms with E-state index in [1.807, 2.05) is 13.0 Å². The van der Waals surface area contributed by atoms with Gasteiger partial charge in [-0.3, -0.25) is 4.79 Å². The van der Waals surface area contributed by atoms with Gasteiger partial charge in [-0.2, -0.15) is 14.7 Å². The van der Waals surface area contributed by atoms with Crippen LogP contribution in [0.5, 0.6) is 5.75 Å². The van der Waals surface area contributed by atoms with Gasteiger partial charge in [0.2, 0.25) is 10.0 Å². The average Bonchev–Trinajstić information content (AvgIpc) is 2.67. The molecule has 0 aliphatic carbocycles. The summed E-state index contributed by atoms with van der Waals surface area (Å²) in [7, 11) is -2.42. The van der Waals surface area contributed by atoms with Gasteiger partial charge >= 0.3 is 0 Å². The largest absolute Gasteiger partial charge is 0.479 e. The van der Waals surface area contributed by atoms with Crippen LogP contribution < -0.4 is 10.2 Å². The van der Waals surface area contributed by atoms with Crippen LogP contribution in [0.25, 0.3) is 0 Å². The number of nitrogens with one attached hydrogen (secondary N) is 1. The molecular formula is C19H20N4O4S. The summed E-state index contributed by atoms with van der Waals surface area (Å²) < 4.78 is 31.0. The molecule has 0 bridgehead atoms. The number of carbonyl (C=O) groups is 1. The van der Waals surface area contributed by atoms with E-state index < -0.39 is 15.9 Å². The SMILES string of the molecule is Cc1ccc(S(=O)(=O)N(C)CC(=O)N/N=C\c2ccc(OCC#N)cc2)cc1. The lowest BCUT2D eigenvalue weighted by atomic mass is 10.2.